The predicted octanol–water partition coefficient (Wildman–Crippen LogP) is 20.7. The Balaban J connectivity index is 4.15. The van der Waals surface area contributed by atoms with Gasteiger partial charge in [0.1, 0.15) is 6.61 Å². The van der Waals surface area contributed by atoms with E-state index >= 15 is 0 Å². The Morgan fingerprint density at radius 2 is 0.627 bits per heavy atom. The maximum absolute atomic E-state index is 12.7. The molecule has 83 heavy (non-hydrogen) atoms. The van der Waals surface area contributed by atoms with Crippen LogP contribution in [-0.4, -0.2) is 49.3 Å². The molecule has 0 amide bonds. The first-order valence-corrected chi connectivity index (χ1v) is 33.1. The van der Waals surface area contributed by atoms with Crippen molar-refractivity contribution in [3.63, 3.8) is 0 Å². The van der Waals surface area contributed by atoms with Crippen LogP contribution in [0.3, 0.4) is 0 Å². The molecule has 0 rings (SSSR count). The largest absolute Gasteiger partial charge is 0.472 e. The molecule has 0 saturated heterocycles. The van der Waals surface area contributed by atoms with Gasteiger partial charge in [0.05, 0.1) is 13.2 Å². The van der Waals surface area contributed by atoms with Crippen LogP contribution in [0.1, 0.15) is 206 Å². The maximum Gasteiger partial charge on any atom is 0.472 e. The van der Waals surface area contributed by atoms with Gasteiger partial charge in [0.15, 0.2) is 6.10 Å². The van der Waals surface area contributed by atoms with Crippen molar-refractivity contribution in [3.05, 3.63) is 207 Å². The topological polar surface area (TPSA) is 134 Å². The molecule has 0 bridgehead atoms. The van der Waals surface area contributed by atoms with Crippen LogP contribution in [0.25, 0.3) is 0 Å². The average molecular weight is 1160 g/mol. The van der Waals surface area contributed by atoms with Crippen LogP contribution in [0.15, 0.2) is 207 Å². The highest BCUT2D eigenvalue weighted by atomic mass is 31.2. The Kier molecular flexibility index (Phi) is 61.5. The molecule has 0 aliphatic rings. The fourth-order valence-electron chi connectivity index (χ4n) is 7.58. The molecule has 10 heteroatoms. The van der Waals surface area contributed by atoms with Crippen molar-refractivity contribution >= 4 is 19.8 Å². The number of allylic oxidation sites excluding steroid dienone is 34. The highest BCUT2D eigenvalue weighted by molar-refractivity contribution is 7.47. The highest BCUT2D eigenvalue weighted by Gasteiger charge is 2.26. The molecule has 0 aliphatic heterocycles. The van der Waals surface area contributed by atoms with Crippen molar-refractivity contribution in [2.45, 2.75) is 213 Å². The summed E-state index contributed by atoms with van der Waals surface area (Å²) in [5, 5.41) is 0. The van der Waals surface area contributed by atoms with Gasteiger partial charge in [-0.25, -0.2) is 4.57 Å². The quantitative estimate of drug-likeness (QED) is 0.0264. The molecular weight excluding hydrogens is 1050 g/mol. The van der Waals surface area contributed by atoms with Gasteiger partial charge in [-0.15, -0.1) is 0 Å². The molecule has 9 nitrogen and oxygen atoms in total. The number of esters is 2. The Morgan fingerprint density at radius 1 is 0.361 bits per heavy atom. The van der Waals surface area contributed by atoms with Crippen LogP contribution in [0.5, 0.6) is 0 Å². The van der Waals surface area contributed by atoms with Gasteiger partial charge in [-0.3, -0.25) is 18.6 Å². The zero-order valence-electron chi connectivity index (χ0n) is 51.6. The number of carbonyl (C=O) groups is 2. The number of hydrogen-bond acceptors (Lipinski definition) is 8. The van der Waals surface area contributed by atoms with Crippen LogP contribution in [-0.2, 0) is 32.7 Å². The molecule has 462 valence electrons. The fraction of sp³-hybridized carbons (Fsp3) is 0.507. The van der Waals surface area contributed by atoms with Gasteiger partial charge in [0, 0.05) is 19.4 Å². The molecule has 3 N–H and O–H groups in total. The lowest BCUT2D eigenvalue weighted by atomic mass is 10.1. The molecule has 0 aliphatic carbocycles. The van der Waals surface area contributed by atoms with Crippen molar-refractivity contribution in [3.8, 4) is 0 Å². The maximum atomic E-state index is 12.7. The Bertz CT molecular complexity index is 2110. The SMILES string of the molecule is CC/C=C\C/C=C\C/C=C\C/C=C\C/C=C\C/C=C\C/C=C\C/C=C\C/C=C\CCCCCCCC(=O)OC(COC(=O)CCCCCC/C=C\C/C=C\C/C=C\C/C=C\C/C=C\C/C=C\C/C=C\C/C=C\CC)COP(=O)(O)OCCN. The molecule has 2 unspecified atom stereocenters. The van der Waals surface area contributed by atoms with Crippen LogP contribution in [0, 0.1) is 0 Å². The lowest BCUT2D eigenvalue weighted by Crippen LogP contribution is -2.29. The Labute approximate surface area is 506 Å². The second-order valence-electron chi connectivity index (χ2n) is 19.8. The summed E-state index contributed by atoms with van der Waals surface area (Å²) in [7, 11) is -4.42. The molecule has 0 fully saturated rings. The number of carbonyl (C=O) groups excluding carboxylic acids is 2. The molecule has 0 heterocycles. The lowest BCUT2D eigenvalue weighted by Gasteiger charge is -2.19. The number of hydrogen-bond donors (Lipinski definition) is 2. The highest BCUT2D eigenvalue weighted by Crippen LogP contribution is 2.43. The second kappa shape index (κ2) is 65.7. The normalized spacial score (nSPS) is 14.4. The molecule has 0 aromatic rings. The van der Waals surface area contributed by atoms with Crippen molar-refractivity contribution in [2.75, 3.05) is 26.4 Å². The first-order valence-electron chi connectivity index (χ1n) is 31.6. The average Bonchev–Trinajstić information content (AvgIpc) is 3.49. The van der Waals surface area contributed by atoms with Gasteiger partial charge in [0.25, 0.3) is 0 Å². The van der Waals surface area contributed by atoms with E-state index in [-0.39, 0.29) is 32.6 Å². The summed E-state index contributed by atoms with van der Waals surface area (Å²) in [6.45, 7) is 3.42. The smallest absolute Gasteiger partial charge is 0.462 e. The number of unbranched alkanes of at least 4 members (excludes halogenated alkanes) is 9. The number of ether oxygens (including phenoxy) is 2. The lowest BCUT2D eigenvalue weighted by molar-refractivity contribution is -0.161. The molecular formula is C73H112NO8P. The summed E-state index contributed by atoms with van der Waals surface area (Å²) in [6, 6.07) is 0. The van der Waals surface area contributed by atoms with Crippen molar-refractivity contribution in [1.29, 1.82) is 0 Å². The van der Waals surface area contributed by atoms with Gasteiger partial charge in [-0.05, 0) is 148 Å². The Hall–Kier alpha value is -5.41. The van der Waals surface area contributed by atoms with E-state index in [1.165, 1.54) is 0 Å². The predicted molar refractivity (Wildman–Crippen MR) is 357 cm³/mol. The van der Waals surface area contributed by atoms with E-state index in [1.807, 2.05) is 0 Å². The van der Waals surface area contributed by atoms with Crippen LogP contribution in [0.2, 0.25) is 0 Å². The van der Waals surface area contributed by atoms with Crippen molar-refractivity contribution < 1.29 is 37.6 Å². The van der Waals surface area contributed by atoms with Crippen LogP contribution >= 0.6 is 7.82 Å². The molecule has 0 aromatic heterocycles. The third kappa shape index (κ3) is 65.6. The fourth-order valence-corrected chi connectivity index (χ4v) is 8.35. The van der Waals surface area contributed by atoms with Gasteiger partial charge in [-0.1, -0.05) is 253 Å². The van der Waals surface area contributed by atoms with Gasteiger partial charge < -0.3 is 20.1 Å². The summed E-state index contributed by atoms with van der Waals surface area (Å²) in [5.74, 6) is -0.899. The standard InChI is InChI=1S/C73H112NO8P/c1-3-5-7-9-11-13-15-17-19-21-23-25-27-29-31-33-34-35-36-38-40-42-44-46-48-50-52-54-56-58-60-62-64-66-73(76)82-71(70-81-83(77,78)80-68-67-74)69-79-72(75)65-63-61-59-57-55-53-51-49-47-45-43-41-39-37-32-30-28-26-24-22-20-18-16-14-12-10-8-6-4-2/h5-8,11-14,17-20,23-26,29-32,34-35,38-41,44-47,50-53,71H,3-4,9-10,15-16,21-22,27-28,33,36-37,42-43,48-49,54-70,74H2,1-2H3,(H,77,78)/b7-5-,8-6-,13-11-,14-12-,19-17-,20-18-,25-23-,26-24-,31-29-,32-30-,35-34-,40-38-,41-39-,46-44-,47-45-,52-50-,53-51-. The van der Waals surface area contributed by atoms with E-state index < -0.39 is 32.5 Å². The monoisotopic (exact) mass is 1160 g/mol. The van der Waals surface area contributed by atoms with E-state index in [1.54, 1.807) is 0 Å². The molecule has 0 aromatic carbocycles. The Morgan fingerprint density at radius 3 is 0.928 bits per heavy atom. The van der Waals surface area contributed by atoms with E-state index in [2.05, 4.69) is 220 Å². The minimum Gasteiger partial charge on any atom is -0.462 e. The number of phosphoric acid groups is 1. The van der Waals surface area contributed by atoms with Crippen LogP contribution in [0.4, 0.5) is 0 Å². The number of phosphoric ester groups is 1. The summed E-state index contributed by atoms with van der Waals surface area (Å²) in [4.78, 5) is 35.3. The van der Waals surface area contributed by atoms with Gasteiger partial charge >= 0.3 is 19.8 Å². The summed E-state index contributed by atoms with van der Waals surface area (Å²) in [6.07, 6.45) is 102. The third-order valence-corrected chi connectivity index (χ3v) is 13.1. The first kappa shape index (κ1) is 77.6. The minimum absolute atomic E-state index is 0.0334. The number of nitrogens with two attached hydrogens (primary N) is 1. The van der Waals surface area contributed by atoms with Gasteiger partial charge in [-0.2, -0.15) is 0 Å². The molecule has 0 spiro atoms. The molecule has 2 atom stereocenters. The van der Waals surface area contributed by atoms with E-state index in [0.29, 0.717) is 12.8 Å². The summed E-state index contributed by atoms with van der Waals surface area (Å²) in [5.41, 5.74) is 5.39. The summed E-state index contributed by atoms with van der Waals surface area (Å²) >= 11 is 0. The van der Waals surface area contributed by atoms with Crippen molar-refractivity contribution in [2.24, 2.45) is 5.73 Å². The van der Waals surface area contributed by atoms with E-state index in [4.69, 9.17) is 24.3 Å². The van der Waals surface area contributed by atoms with Crippen LogP contribution < -0.4 is 5.73 Å². The second-order valence-corrected chi connectivity index (χ2v) is 21.3. The van der Waals surface area contributed by atoms with Crippen molar-refractivity contribution in [1.82, 2.24) is 0 Å². The van der Waals surface area contributed by atoms with E-state index in [0.717, 1.165) is 167 Å². The molecule has 0 saturated carbocycles. The first-order chi connectivity index (χ1) is 40.8. The van der Waals surface area contributed by atoms with Gasteiger partial charge in [0.2, 0.25) is 0 Å². The van der Waals surface area contributed by atoms with E-state index in [9.17, 15) is 19.0 Å². The zero-order chi connectivity index (χ0) is 60.1. The zero-order valence-corrected chi connectivity index (χ0v) is 52.5. The summed E-state index contributed by atoms with van der Waals surface area (Å²) < 4.78 is 33.0. The minimum atomic E-state index is -4.42. The molecule has 0 radical (unpaired) electrons. The number of rotatable bonds is 56. The third-order valence-electron chi connectivity index (χ3n) is 12.2.